The number of carbonyl (C=O) groups excluding carboxylic acids is 3. The van der Waals surface area contributed by atoms with Crippen LogP contribution in [-0.4, -0.2) is 79.7 Å². The van der Waals surface area contributed by atoms with Gasteiger partial charge in [-0.25, -0.2) is 9.18 Å². The van der Waals surface area contributed by atoms with Crippen molar-refractivity contribution in [2.75, 3.05) is 36.9 Å². The van der Waals surface area contributed by atoms with Gasteiger partial charge in [0.15, 0.2) is 5.82 Å². The van der Waals surface area contributed by atoms with Crippen molar-refractivity contribution in [2.24, 2.45) is 7.05 Å². The molecule has 0 spiro atoms. The summed E-state index contributed by atoms with van der Waals surface area (Å²) in [6, 6.07) is 10.6. The zero-order valence-corrected chi connectivity index (χ0v) is 33.7. The molecule has 0 bridgehead atoms. The Hall–Kier alpha value is -5.57. The fourth-order valence-electron chi connectivity index (χ4n) is 8.44. The summed E-state index contributed by atoms with van der Waals surface area (Å²) in [4.78, 5) is 53.2. The molecule has 4 fully saturated rings. The van der Waals surface area contributed by atoms with E-state index in [0.29, 0.717) is 28.6 Å². The number of rotatable bonds is 8. The Labute approximate surface area is 336 Å². The maximum atomic E-state index is 14.9. The molecule has 58 heavy (non-hydrogen) atoms. The van der Waals surface area contributed by atoms with E-state index in [1.807, 2.05) is 38.2 Å². The fourth-order valence-corrected chi connectivity index (χ4v) is 8.44. The van der Waals surface area contributed by atoms with Crippen LogP contribution in [0.2, 0.25) is 0 Å². The van der Waals surface area contributed by atoms with Crippen molar-refractivity contribution in [2.45, 2.75) is 102 Å². The first kappa shape index (κ1) is 39.3. The first-order valence-electron chi connectivity index (χ1n) is 20.6. The van der Waals surface area contributed by atoms with Crippen molar-refractivity contribution >= 4 is 51.2 Å². The predicted molar refractivity (Wildman–Crippen MR) is 220 cm³/mol. The first-order valence-corrected chi connectivity index (χ1v) is 20.6. The average Bonchev–Trinajstić information content (AvgIpc) is 3.89. The van der Waals surface area contributed by atoms with E-state index in [1.54, 1.807) is 34.6 Å². The number of anilines is 2. The Balaban J connectivity index is 0.000000165. The molecule has 2 saturated heterocycles. The second-order valence-electron chi connectivity index (χ2n) is 16.5. The number of carbonyl (C=O) groups is 3. The lowest BCUT2D eigenvalue weighted by molar-refractivity contribution is -0.120. The molecule has 2 aliphatic heterocycles. The number of imide groups is 1. The topological polar surface area (TPSA) is 149 Å². The number of aromatic nitrogens is 5. The number of ether oxygens (including phenoxy) is 1. The number of amides is 4. The number of hydrogen-bond donors (Lipinski definition) is 2. The van der Waals surface area contributed by atoms with Gasteiger partial charge in [-0.05, 0) is 114 Å². The Morgan fingerprint density at radius 3 is 2.40 bits per heavy atom. The third-order valence-electron chi connectivity index (χ3n) is 11.8. The molecule has 4 amide bonds. The average molecular weight is 794 g/mol. The van der Waals surface area contributed by atoms with Crippen LogP contribution in [-0.2, 0) is 11.8 Å². The lowest BCUT2D eigenvalue weighted by atomic mass is 9.88. The molecule has 0 radical (unpaired) electrons. The molecule has 306 valence electrons. The lowest BCUT2D eigenvalue weighted by Gasteiger charge is -2.29. The van der Waals surface area contributed by atoms with E-state index < -0.39 is 6.03 Å². The molecule has 2 aliphatic carbocycles. The van der Waals surface area contributed by atoms with Gasteiger partial charge in [0, 0.05) is 55.3 Å². The number of benzene rings is 2. The minimum Gasteiger partial charge on any atom is -0.490 e. The van der Waals surface area contributed by atoms with Gasteiger partial charge in [0.25, 0.3) is 11.5 Å². The Morgan fingerprint density at radius 2 is 1.69 bits per heavy atom. The fraction of sp³-hybridized carbons (Fsp3) is 0.488. The van der Waals surface area contributed by atoms with Crippen LogP contribution in [0.25, 0.3) is 21.8 Å². The number of nitrogens with zero attached hydrogens (tertiary/aromatic N) is 7. The molecule has 14 nitrogen and oxygen atoms in total. The molecular formula is C43H52FN9O5. The number of pyridine rings is 1. The van der Waals surface area contributed by atoms with Crippen molar-refractivity contribution in [3.63, 3.8) is 0 Å². The Bertz CT molecular complexity index is 2420. The number of urea groups is 1. The normalized spacial score (nSPS) is 18.4. The van der Waals surface area contributed by atoms with E-state index >= 15 is 0 Å². The number of nitrogens with one attached hydrogen (secondary N) is 2. The molecule has 0 unspecified atom stereocenters. The summed E-state index contributed by atoms with van der Waals surface area (Å²) in [7, 11) is 3.87. The second-order valence-corrected chi connectivity index (χ2v) is 16.5. The number of aryl methyl sites for hydroxylation is 1. The van der Waals surface area contributed by atoms with Crippen molar-refractivity contribution in [1.82, 2.24) is 34.3 Å². The number of likely N-dealkylation sites (tertiary alicyclic amines) is 1. The van der Waals surface area contributed by atoms with Crippen LogP contribution in [0.5, 0.6) is 5.75 Å². The van der Waals surface area contributed by atoms with Crippen molar-refractivity contribution in [3.8, 4) is 5.75 Å². The molecule has 5 aromatic rings. The first-order chi connectivity index (χ1) is 27.9. The third-order valence-corrected chi connectivity index (χ3v) is 11.8. The molecule has 4 aliphatic rings. The monoisotopic (exact) mass is 793 g/mol. The molecule has 5 heterocycles. The standard InChI is InChI=1S/C25H30N4O3.C18H22FN5O2/c1-16(2)32-23-14-22-17(15-29(27-22)19-7-4-3-5-8-19)13-20(23)24(30)26-21-9-6-12-28(25(21)31)18-10-11-18;1-22-6-3-11(4-7-22)12-10-15-13(9-14(12)19)17(21-23(15)2)24-8-5-16(25)20-18(24)26/h6,9,12-16,18-19H,3-5,7-8,10-11H2,1-2H3,(H,26,30);9-11H,3-8H2,1-2H3,(H,20,25,26). The van der Waals surface area contributed by atoms with Crippen LogP contribution in [0.1, 0.15) is 112 Å². The van der Waals surface area contributed by atoms with E-state index in [0.717, 1.165) is 73.6 Å². The minimum atomic E-state index is -0.513. The highest BCUT2D eigenvalue weighted by molar-refractivity contribution is 6.09. The zero-order valence-electron chi connectivity index (χ0n) is 33.7. The van der Waals surface area contributed by atoms with E-state index in [9.17, 15) is 23.6 Å². The van der Waals surface area contributed by atoms with Gasteiger partial charge in [0.05, 0.1) is 28.7 Å². The summed E-state index contributed by atoms with van der Waals surface area (Å²) in [6.45, 7) is 6.02. The summed E-state index contributed by atoms with van der Waals surface area (Å²) in [5.41, 5.74) is 2.87. The van der Waals surface area contributed by atoms with E-state index in [-0.39, 0.29) is 59.9 Å². The van der Waals surface area contributed by atoms with E-state index in [4.69, 9.17) is 9.84 Å². The summed E-state index contributed by atoms with van der Waals surface area (Å²) >= 11 is 0. The quantitative estimate of drug-likeness (QED) is 0.170. The molecule has 0 atom stereocenters. The minimum absolute atomic E-state index is 0.0942. The molecule has 3 aromatic heterocycles. The Kier molecular flexibility index (Phi) is 11.1. The highest BCUT2D eigenvalue weighted by atomic mass is 19.1. The van der Waals surface area contributed by atoms with Crippen LogP contribution in [0.4, 0.5) is 20.7 Å². The van der Waals surface area contributed by atoms with E-state index in [2.05, 4.69) is 32.4 Å². The zero-order chi connectivity index (χ0) is 40.7. The van der Waals surface area contributed by atoms with Gasteiger partial charge in [-0.1, -0.05) is 19.3 Å². The molecule has 15 heteroatoms. The van der Waals surface area contributed by atoms with Gasteiger partial charge in [-0.3, -0.25) is 34.0 Å². The maximum Gasteiger partial charge on any atom is 0.329 e. The van der Waals surface area contributed by atoms with Crippen molar-refractivity contribution < 1.29 is 23.5 Å². The summed E-state index contributed by atoms with van der Waals surface area (Å²) in [5.74, 6) is 0.166. The Morgan fingerprint density at radius 1 is 0.931 bits per heavy atom. The van der Waals surface area contributed by atoms with Gasteiger partial charge >= 0.3 is 6.03 Å². The summed E-state index contributed by atoms with van der Waals surface area (Å²) < 4.78 is 26.3. The molecule has 2 saturated carbocycles. The van der Waals surface area contributed by atoms with Crippen molar-refractivity contribution in [1.29, 1.82) is 0 Å². The van der Waals surface area contributed by atoms with Gasteiger partial charge in [-0.15, -0.1) is 0 Å². The smallest absolute Gasteiger partial charge is 0.329 e. The second kappa shape index (κ2) is 16.4. The van der Waals surface area contributed by atoms with Crippen LogP contribution < -0.4 is 25.8 Å². The maximum absolute atomic E-state index is 14.9. The highest BCUT2D eigenvalue weighted by Crippen LogP contribution is 2.36. The van der Waals surface area contributed by atoms with Gasteiger partial charge in [0.1, 0.15) is 17.3 Å². The van der Waals surface area contributed by atoms with Crippen molar-refractivity contribution in [3.05, 3.63) is 76.1 Å². The predicted octanol–water partition coefficient (Wildman–Crippen LogP) is 7.05. The third kappa shape index (κ3) is 8.22. The van der Waals surface area contributed by atoms with Crippen LogP contribution >= 0.6 is 0 Å². The van der Waals surface area contributed by atoms with Crippen LogP contribution in [0.3, 0.4) is 0 Å². The highest BCUT2D eigenvalue weighted by Gasteiger charge is 2.30. The van der Waals surface area contributed by atoms with Gasteiger partial charge in [-0.2, -0.15) is 10.2 Å². The van der Waals surface area contributed by atoms with Gasteiger partial charge in [0.2, 0.25) is 5.91 Å². The van der Waals surface area contributed by atoms with E-state index in [1.165, 1.54) is 30.2 Å². The number of halogens is 1. The molecule has 2 aromatic carbocycles. The van der Waals surface area contributed by atoms with Crippen LogP contribution in [0.15, 0.2) is 53.6 Å². The SMILES string of the molecule is CC(C)Oc1cc2nn(C3CCCCC3)cc2cc1C(=O)Nc1cccn(C2CC2)c1=O.CN1CCC(c2cc3c(cc2F)c(N2CCC(=O)NC2=O)nn3C)CC1. The number of hydrogen-bond acceptors (Lipinski definition) is 8. The largest absolute Gasteiger partial charge is 0.490 e. The summed E-state index contributed by atoms with van der Waals surface area (Å²) in [6.07, 6.45) is 13.8. The molecule has 9 rings (SSSR count). The number of fused-ring (bicyclic) bond motifs is 2. The van der Waals surface area contributed by atoms with Crippen LogP contribution in [0, 0.1) is 5.82 Å². The molecule has 2 N–H and O–H groups in total. The lowest BCUT2D eigenvalue weighted by Crippen LogP contribution is -2.49. The summed E-state index contributed by atoms with van der Waals surface area (Å²) in [5, 5.41) is 15.8. The number of piperidine rings is 1. The molecular weight excluding hydrogens is 742 g/mol. The van der Waals surface area contributed by atoms with Gasteiger partial charge < -0.3 is 19.5 Å².